The summed E-state index contributed by atoms with van der Waals surface area (Å²) in [7, 11) is 0. The first-order valence-corrected chi connectivity index (χ1v) is 8.57. The fraction of sp³-hybridized carbons (Fsp3) is 0.444. The van der Waals surface area contributed by atoms with Gasteiger partial charge in [0.2, 0.25) is 5.91 Å². The van der Waals surface area contributed by atoms with E-state index in [0.29, 0.717) is 19.4 Å². The van der Waals surface area contributed by atoms with Gasteiger partial charge in [-0.3, -0.25) is 9.69 Å². The van der Waals surface area contributed by atoms with Gasteiger partial charge >= 0.3 is 6.09 Å². The summed E-state index contributed by atoms with van der Waals surface area (Å²) in [4.78, 5) is 47.5. The van der Waals surface area contributed by atoms with Gasteiger partial charge in [0.1, 0.15) is 12.6 Å². The average molecular weight is 376 g/mol. The first kappa shape index (κ1) is 20.2. The van der Waals surface area contributed by atoms with Crippen LogP contribution >= 0.6 is 0 Å². The summed E-state index contributed by atoms with van der Waals surface area (Å²) in [5, 5.41) is 23.8. The van der Waals surface area contributed by atoms with Gasteiger partial charge in [0.05, 0.1) is 12.0 Å². The molecule has 9 heteroatoms. The van der Waals surface area contributed by atoms with E-state index in [1.165, 1.54) is 4.90 Å². The number of carboxylic acids is 2. The summed E-state index contributed by atoms with van der Waals surface area (Å²) in [6, 6.07) is 6.69. The van der Waals surface area contributed by atoms with Gasteiger partial charge in [-0.2, -0.15) is 0 Å². The molecule has 1 N–H and O–H groups in total. The molecule has 2 atom stereocenters. The predicted molar refractivity (Wildman–Crippen MR) is 87.5 cm³/mol. The molecule has 1 aliphatic heterocycles. The molecule has 1 heterocycles. The lowest BCUT2D eigenvalue weighted by Gasteiger charge is -2.26. The molecular weight excluding hydrogens is 356 g/mol. The second kappa shape index (κ2) is 9.56. The van der Waals surface area contributed by atoms with E-state index in [4.69, 9.17) is 4.74 Å². The molecular formula is C18H20N2O7-2. The van der Waals surface area contributed by atoms with Crippen molar-refractivity contribution in [2.24, 2.45) is 0 Å². The number of ether oxygens (including phenoxy) is 1. The number of carbonyl (C=O) groups excluding carboxylic acids is 4. The topological polar surface area (TPSA) is 139 Å². The van der Waals surface area contributed by atoms with E-state index in [9.17, 15) is 29.4 Å². The van der Waals surface area contributed by atoms with Crippen LogP contribution in [0.15, 0.2) is 30.3 Å². The van der Waals surface area contributed by atoms with Crippen LogP contribution in [-0.2, 0) is 25.7 Å². The van der Waals surface area contributed by atoms with Crippen LogP contribution in [0, 0.1) is 0 Å². The monoisotopic (exact) mass is 376 g/mol. The fourth-order valence-electron chi connectivity index (χ4n) is 2.84. The first-order valence-electron chi connectivity index (χ1n) is 8.57. The van der Waals surface area contributed by atoms with Gasteiger partial charge in [0.15, 0.2) is 0 Å². The Balaban J connectivity index is 1.92. The molecule has 0 spiro atoms. The Labute approximate surface area is 155 Å². The molecule has 2 amide bonds. The molecule has 9 nitrogen and oxygen atoms in total. The number of hydrogen-bond donors (Lipinski definition) is 1. The fourth-order valence-corrected chi connectivity index (χ4v) is 2.84. The molecule has 1 fully saturated rings. The van der Waals surface area contributed by atoms with Crippen LogP contribution in [0.25, 0.3) is 0 Å². The van der Waals surface area contributed by atoms with Crippen molar-refractivity contribution in [3.63, 3.8) is 0 Å². The van der Waals surface area contributed by atoms with Gasteiger partial charge in [-0.05, 0) is 31.2 Å². The van der Waals surface area contributed by atoms with E-state index in [1.54, 1.807) is 12.1 Å². The zero-order valence-corrected chi connectivity index (χ0v) is 14.6. The van der Waals surface area contributed by atoms with E-state index in [-0.39, 0.29) is 13.0 Å². The third-order valence-corrected chi connectivity index (χ3v) is 4.23. The van der Waals surface area contributed by atoms with E-state index in [2.05, 4.69) is 5.32 Å². The number of likely N-dealkylation sites (tertiary alicyclic amines) is 1. The minimum Gasteiger partial charge on any atom is -0.550 e. The number of nitrogens with one attached hydrogen (secondary N) is 1. The van der Waals surface area contributed by atoms with Crippen LogP contribution in [0.3, 0.4) is 0 Å². The minimum atomic E-state index is -1.60. The van der Waals surface area contributed by atoms with Gasteiger partial charge in [0.25, 0.3) is 0 Å². The maximum atomic E-state index is 12.4. The quantitative estimate of drug-likeness (QED) is 0.586. The number of nitrogens with zero attached hydrogens (tertiary/aromatic N) is 1. The molecule has 0 saturated carbocycles. The summed E-state index contributed by atoms with van der Waals surface area (Å²) >= 11 is 0. The number of carboxylic acid groups (broad SMARTS) is 2. The average Bonchev–Trinajstić information content (AvgIpc) is 3.13. The van der Waals surface area contributed by atoms with Crippen LogP contribution in [-0.4, -0.2) is 47.5 Å². The number of benzene rings is 1. The van der Waals surface area contributed by atoms with E-state index in [1.807, 2.05) is 18.2 Å². The Morgan fingerprint density at radius 2 is 1.89 bits per heavy atom. The molecule has 1 aromatic rings. The lowest BCUT2D eigenvalue weighted by atomic mass is 10.1. The van der Waals surface area contributed by atoms with E-state index >= 15 is 0 Å². The van der Waals surface area contributed by atoms with Crippen LogP contribution in [0.1, 0.15) is 31.2 Å². The Hall–Kier alpha value is -3.10. The molecule has 1 aromatic carbocycles. The molecule has 0 aliphatic carbocycles. The van der Waals surface area contributed by atoms with Crippen LogP contribution < -0.4 is 15.5 Å². The largest absolute Gasteiger partial charge is 0.550 e. The second-order valence-electron chi connectivity index (χ2n) is 6.18. The highest BCUT2D eigenvalue weighted by molar-refractivity contribution is 5.89. The standard InChI is InChI=1S/C18H22N2O7/c21-15(22)9-8-13(17(24)25)19-16(23)14-7-4-10-20(14)18(26)27-11-12-5-2-1-3-6-12/h1-3,5-6,13-14H,4,7-11H2,(H,19,23)(H,21,22)(H,24,25)/p-2/t13-,14-/m1/s1. The van der Waals surface area contributed by atoms with Crippen LogP contribution in [0.4, 0.5) is 4.79 Å². The highest BCUT2D eigenvalue weighted by Crippen LogP contribution is 2.19. The third-order valence-electron chi connectivity index (χ3n) is 4.23. The third kappa shape index (κ3) is 5.98. The van der Waals surface area contributed by atoms with Crippen molar-refractivity contribution < 1.29 is 34.1 Å². The molecule has 0 unspecified atom stereocenters. The molecule has 146 valence electrons. The van der Waals surface area contributed by atoms with Crippen molar-refractivity contribution in [2.75, 3.05) is 6.54 Å². The van der Waals surface area contributed by atoms with E-state index < -0.39 is 42.4 Å². The van der Waals surface area contributed by atoms with Crippen molar-refractivity contribution in [2.45, 2.75) is 44.4 Å². The summed E-state index contributed by atoms with van der Waals surface area (Å²) in [5.74, 6) is -3.71. The summed E-state index contributed by atoms with van der Waals surface area (Å²) in [6.45, 7) is 0.360. The maximum Gasteiger partial charge on any atom is 0.410 e. The number of aliphatic carboxylic acids is 2. The molecule has 0 bridgehead atoms. The van der Waals surface area contributed by atoms with Crippen molar-refractivity contribution in [1.29, 1.82) is 0 Å². The first-order chi connectivity index (χ1) is 12.9. The van der Waals surface area contributed by atoms with Gasteiger partial charge < -0.3 is 29.9 Å². The number of rotatable bonds is 8. The summed E-state index contributed by atoms with van der Waals surface area (Å²) in [5.41, 5.74) is 0.797. The molecule has 0 radical (unpaired) electrons. The van der Waals surface area contributed by atoms with E-state index in [0.717, 1.165) is 5.56 Å². The smallest absolute Gasteiger partial charge is 0.410 e. The number of amides is 2. The Kier molecular flexibility index (Phi) is 7.16. The normalized spacial score (nSPS) is 17.2. The second-order valence-corrected chi connectivity index (χ2v) is 6.18. The highest BCUT2D eigenvalue weighted by Gasteiger charge is 2.36. The molecule has 27 heavy (non-hydrogen) atoms. The molecule has 1 aliphatic rings. The van der Waals surface area contributed by atoms with Crippen LogP contribution in [0.5, 0.6) is 0 Å². The molecule has 2 rings (SSSR count). The molecule has 1 saturated heterocycles. The Morgan fingerprint density at radius 3 is 2.52 bits per heavy atom. The zero-order valence-electron chi connectivity index (χ0n) is 14.6. The zero-order chi connectivity index (χ0) is 19.8. The van der Waals surface area contributed by atoms with Crippen LogP contribution in [0.2, 0.25) is 0 Å². The van der Waals surface area contributed by atoms with Gasteiger partial charge in [0, 0.05) is 12.5 Å². The van der Waals surface area contributed by atoms with Crippen molar-refractivity contribution in [1.82, 2.24) is 10.2 Å². The lowest BCUT2D eigenvalue weighted by molar-refractivity contribution is -0.310. The summed E-state index contributed by atoms with van der Waals surface area (Å²) < 4.78 is 5.22. The maximum absolute atomic E-state index is 12.4. The number of carbonyl (C=O) groups is 4. The Morgan fingerprint density at radius 1 is 1.19 bits per heavy atom. The van der Waals surface area contributed by atoms with Gasteiger partial charge in [-0.25, -0.2) is 4.79 Å². The Bertz CT molecular complexity index is 692. The molecule has 0 aromatic heterocycles. The van der Waals surface area contributed by atoms with Gasteiger partial charge in [-0.1, -0.05) is 30.3 Å². The van der Waals surface area contributed by atoms with Crippen molar-refractivity contribution in [3.05, 3.63) is 35.9 Å². The SMILES string of the molecule is O=C([O-])CC[C@@H](NC(=O)[C@H]1CCCN1C(=O)OCc1ccccc1)C(=O)[O-]. The lowest BCUT2D eigenvalue weighted by Crippen LogP contribution is -2.54. The summed E-state index contributed by atoms with van der Waals surface area (Å²) in [6.07, 6.45) is -0.648. The predicted octanol–water partition coefficient (Wildman–Crippen LogP) is -1.45. The van der Waals surface area contributed by atoms with Gasteiger partial charge in [-0.15, -0.1) is 0 Å². The minimum absolute atomic E-state index is 0.0534. The number of hydrogen-bond acceptors (Lipinski definition) is 7. The van der Waals surface area contributed by atoms with Crippen molar-refractivity contribution >= 4 is 23.9 Å². The highest BCUT2D eigenvalue weighted by atomic mass is 16.6. The van der Waals surface area contributed by atoms with Crippen molar-refractivity contribution in [3.8, 4) is 0 Å².